The molecule has 1 N–H and O–H groups in total. The molecule has 34 heavy (non-hydrogen) atoms. The van der Waals surface area contributed by atoms with E-state index in [1.165, 1.54) is 4.90 Å². The predicted molar refractivity (Wildman–Crippen MR) is 133 cm³/mol. The molecule has 7 nitrogen and oxygen atoms in total. The number of methoxy groups -OCH3 is 1. The number of rotatable bonds is 6. The third-order valence-electron chi connectivity index (χ3n) is 5.66. The van der Waals surface area contributed by atoms with E-state index in [2.05, 4.69) is 4.72 Å². The summed E-state index contributed by atoms with van der Waals surface area (Å²) in [7, 11) is 0.995. The number of hydrogen-bond acceptors (Lipinski definition) is 4. The van der Waals surface area contributed by atoms with Crippen LogP contribution in [0, 0.1) is 6.92 Å². The van der Waals surface area contributed by atoms with Crippen molar-refractivity contribution in [3.8, 4) is 5.75 Å². The van der Waals surface area contributed by atoms with E-state index in [1.54, 1.807) is 74.3 Å². The van der Waals surface area contributed by atoms with E-state index in [1.807, 2.05) is 37.3 Å². The molecule has 0 saturated carbocycles. The fraction of sp³-hybridized carbons (Fsp3) is 0.192. The summed E-state index contributed by atoms with van der Waals surface area (Å²) >= 11 is 0. The highest BCUT2D eigenvalue weighted by molar-refractivity contribution is 7.89. The van der Waals surface area contributed by atoms with E-state index in [0.29, 0.717) is 22.5 Å². The summed E-state index contributed by atoms with van der Waals surface area (Å²) in [5, 5.41) is 0.834. The molecule has 3 aromatic carbocycles. The van der Waals surface area contributed by atoms with Gasteiger partial charge in [-0.2, -0.15) is 4.72 Å². The number of fused-ring (bicyclic) bond motifs is 1. The van der Waals surface area contributed by atoms with Gasteiger partial charge in [-0.15, -0.1) is 0 Å². The number of para-hydroxylation sites is 1. The summed E-state index contributed by atoms with van der Waals surface area (Å²) in [4.78, 5) is 14.9. The Balaban J connectivity index is 1.91. The number of hydrogen-bond donors (Lipinski definition) is 1. The van der Waals surface area contributed by atoms with Crippen LogP contribution < -0.4 is 9.46 Å². The quantitative estimate of drug-likeness (QED) is 0.442. The van der Waals surface area contributed by atoms with Gasteiger partial charge in [0, 0.05) is 19.5 Å². The molecule has 0 fully saturated rings. The van der Waals surface area contributed by atoms with Crippen molar-refractivity contribution in [1.82, 2.24) is 14.2 Å². The van der Waals surface area contributed by atoms with Crippen molar-refractivity contribution >= 4 is 27.0 Å². The first-order chi connectivity index (χ1) is 16.2. The molecule has 0 radical (unpaired) electrons. The molecule has 0 bridgehead atoms. The normalized spacial score (nSPS) is 12.5. The SMILES string of the molecule is COc1ccc(C(NS(=O)(=O)c2ccc(C)cc2)c2cc3ccccc3n2C(=O)N(C)C)cc1. The van der Waals surface area contributed by atoms with Gasteiger partial charge in [0.25, 0.3) is 0 Å². The summed E-state index contributed by atoms with van der Waals surface area (Å²) < 4.78 is 36.5. The molecule has 176 valence electrons. The van der Waals surface area contributed by atoms with Gasteiger partial charge in [-0.25, -0.2) is 13.2 Å². The van der Waals surface area contributed by atoms with Crippen molar-refractivity contribution in [3.05, 3.63) is 95.7 Å². The topological polar surface area (TPSA) is 80.6 Å². The molecule has 0 saturated heterocycles. The molecular weight excluding hydrogens is 450 g/mol. The van der Waals surface area contributed by atoms with E-state index < -0.39 is 16.1 Å². The molecule has 0 aliphatic heterocycles. The van der Waals surface area contributed by atoms with E-state index >= 15 is 0 Å². The Morgan fingerprint density at radius 2 is 1.62 bits per heavy atom. The van der Waals surface area contributed by atoms with Crippen molar-refractivity contribution in [1.29, 1.82) is 0 Å². The third-order valence-corrected chi connectivity index (χ3v) is 7.10. The number of ether oxygens (including phenoxy) is 1. The maximum Gasteiger partial charge on any atom is 0.328 e. The van der Waals surface area contributed by atoms with Gasteiger partial charge in [0.2, 0.25) is 10.0 Å². The zero-order chi connectivity index (χ0) is 24.5. The second-order valence-corrected chi connectivity index (χ2v) is 9.99. The van der Waals surface area contributed by atoms with Crippen LogP contribution >= 0.6 is 0 Å². The number of aryl methyl sites for hydroxylation is 1. The van der Waals surface area contributed by atoms with Gasteiger partial charge in [-0.3, -0.25) is 4.57 Å². The number of carbonyl (C=O) groups is 1. The van der Waals surface area contributed by atoms with Gasteiger partial charge in [0.15, 0.2) is 0 Å². The number of sulfonamides is 1. The van der Waals surface area contributed by atoms with Crippen molar-refractivity contribution in [2.24, 2.45) is 0 Å². The van der Waals surface area contributed by atoms with E-state index in [4.69, 9.17) is 4.74 Å². The lowest BCUT2D eigenvalue weighted by Gasteiger charge is -2.23. The molecular formula is C26H27N3O4S. The van der Waals surface area contributed by atoms with Gasteiger partial charge in [-0.05, 0) is 48.9 Å². The van der Waals surface area contributed by atoms with Crippen molar-refractivity contribution in [3.63, 3.8) is 0 Å². The van der Waals surface area contributed by atoms with Crippen LogP contribution in [0.25, 0.3) is 10.9 Å². The van der Waals surface area contributed by atoms with Crippen molar-refractivity contribution < 1.29 is 17.9 Å². The number of aromatic nitrogens is 1. The highest BCUT2D eigenvalue weighted by atomic mass is 32.2. The third kappa shape index (κ3) is 4.55. The first-order valence-corrected chi connectivity index (χ1v) is 12.2. The minimum atomic E-state index is -3.91. The average Bonchev–Trinajstić information content (AvgIpc) is 3.21. The van der Waals surface area contributed by atoms with Gasteiger partial charge < -0.3 is 9.64 Å². The fourth-order valence-electron chi connectivity index (χ4n) is 3.84. The lowest BCUT2D eigenvalue weighted by atomic mass is 10.0. The Labute approximate surface area is 199 Å². The second kappa shape index (κ2) is 9.32. The molecule has 0 aliphatic carbocycles. The van der Waals surface area contributed by atoms with Crippen LogP contribution in [0.1, 0.15) is 22.9 Å². The summed E-state index contributed by atoms with van der Waals surface area (Å²) in [6, 6.07) is 22.0. The Bertz CT molecular complexity index is 1420. The second-order valence-electron chi connectivity index (χ2n) is 8.28. The van der Waals surface area contributed by atoms with Crippen LogP contribution in [-0.4, -0.2) is 45.1 Å². The maximum atomic E-state index is 13.4. The highest BCUT2D eigenvalue weighted by Crippen LogP contribution is 2.31. The van der Waals surface area contributed by atoms with Crippen molar-refractivity contribution in [2.75, 3.05) is 21.2 Å². The van der Waals surface area contributed by atoms with Crippen LogP contribution in [0.5, 0.6) is 5.75 Å². The number of nitrogens with one attached hydrogen (secondary N) is 1. The molecule has 0 spiro atoms. The Hall–Kier alpha value is -3.62. The number of carbonyl (C=O) groups excluding carboxylic acids is 1. The molecule has 1 heterocycles. The Morgan fingerprint density at radius 1 is 0.971 bits per heavy atom. The molecule has 4 rings (SSSR count). The summed E-state index contributed by atoms with van der Waals surface area (Å²) in [5.41, 5.74) is 2.85. The van der Waals surface area contributed by atoms with Gasteiger partial charge in [0.05, 0.1) is 29.3 Å². The Morgan fingerprint density at radius 3 is 2.24 bits per heavy atom. The minimum Gasteiger partial charge on any atom is -0.497 e. The van der Waals surface area contributed by atoms with Crippen LogP contribution in [0.2, 0.25) is 0 Å². The molecule has 1 unspecified atom stereocenters. The highest BCUT2D eigenvalue weighted by Gasteiger charge is 2.29. The first-order valence-electron chi connectivity index (χ1n) is 10.8. The molecule has 8 heteroatoms. The number of amides is 1. The smallest absolute Gasteiger partial charge is 0.328 e. The summed E-state index contributed by atoms with van der Waals surface area (Å²) in [5.74, 6) is 0.647. The maximum absolute atomic E-state index is 13.4. The number of nitrogens with zero attached hydrogens (tertiary/aromatic N) is 2. The lowest BCUT2D eigenvalue weighted by molar-refractivity contribution is 0.219. The van der Waals surface area contributed by atoms with Crippen LogP contribution in [0.15, 0.2) is 83.8 Å². The largest absolute Gasteiger partial charge is 0.497 e. The zero-order valence-corrected chi connectivity index (χ0v) is 20.3. The minimum absolute atomic E-state index is 0.151. The Kier molecular flexibility index (Phi) is 6.45. The molecule has 0 aliphatic rings. The van der Waals surface area contributed by atoms with Gasteiger partial charge in [0.1, 0.15) is 5.75 Å². The first kappa shape index (κ1) is 23.5. The van der Waals surface area contributed by atoms with Gasteiger partial charge in [-0.1, -0.05) is 48.0 Å². The average molecular weight is 478 g/mol. The molecule has 1 aromatic heterocycles. The van der Waals surface area contributed by atoms with Crippen LogP contribution in [0.3, 0.4) is 0 Å². The lowest BCUT2D eigenvalue weighted by Crippen LogP contribution is -2.34. The zero-order valence-electron chi connectivity index (χ0n) is 19.5. The van der Waals surface area contributed by atoms with E-state index in [9.17, 15) is 13.2 Å². The summed E-state index contributed by atoms with van der Waals surface area (Å²) in [6.45, 7) is 1.90. The van der Waals surface area contributed by atoms with Gasteiger partial charge >= 0.3 is 6.03 Å². The fourth-order valence-corrected chi connectivity index (χ4v) is 5.04. The monoisotopic (exact) mass is 477 g/mol. The van der Waals surface area contributed by atoms with Crippen LogP contribution in [0.4, 0.5) is 4.79 Å². The van der Waals surface area contributed by atoms with E-state index in [0.717, 1.165) is 10.9 Å². The molecule has 1 atom stereocenters. The summed E-state index contributed by atoms with van der Waals surface area (Å²) in [6.07, 6.45) is 0. The molecule has 1 amide bonds. The molecule has 4 aromatic rings. The predicted octanol–water partition coefficient (Wildman–Crippen LogP) is 4.56. The number of benzene rings is 3. The van der Waals surface area contributed by atoms with Crippen molar-refractivity contribution in [2.45, 2.75) is 17.9 Å². The van der Waals surface area contributed by atoms with Crippen LogP contribution in [-0.2, 0) is 10.0 Å². The standard InChI is InChI=1S/C26H27N3O4S/c1-18-9-15-22(16-10-18)34(31,32)27-25(19-11-13-21(33-4)14-12-19)24-17-20-7-5-6-8-23(20)29(24)26(30)28(2)3/h5-17,25,27H,1-4H3. The van der Waals surface area contributed by atoms with E-state index in [-0.39, 0.29) is 10.9 Å².